The maximum atomic E-state index is 12.1. The normalized spacial score (nSPS) is 13.0. The number of aliphatic hydroxyl groups excluding tert-OH is 1. The number of aliphatic hydroxyl groups is 1. The molecule has 1 unspecified atom stereocenters. The summed E-state index contributed by atoms with van der Waals surface area (Å²) in [6.45, 7) is 3.95. The van der Waals surface area contributed by atoms with Crippen molar-refractivity contribution in [3.63, 3.8) is 0 Å². The number of carbonyl (C=O) groups is 2. The van der Waals surface area contributed by atoms with Crippen LogP contribution in [0.4, 0.5) is 0 Å². The predicted octanol–water partition coefficient (Wildman–Crippen LogP) is 12.2. The van der Waals surface area contributed by atoms with Gasteiger partial charge in [-0.05, 0) is 51.4 Å². The van der Waals surface area contributed by atoms with Gasteiger partial charge in [0.05, 0.1) is 6.61 Å². The third kappa shape index (κ3) is 36.2. The number of esters is 2. The zero-order valence-electron chi connectivity index (χ0n) is 31.0. The summed E-state index contributed by atoms with van der Waals surface area (Å²) in [4.78, 5) is 24.2. The van der Waals surface area contributed by atoms with E-state index in [0.29, 0.717) is 12.8 Å². The average Bonchev–Trinajstić information content (AvgIpc) is 3.09. The van der Waals surface area contributed by atoms with Gasteiger partial charge >= 0.3 is 11.9 Å². The molecule has 0 aromatic rings. The predicted molar refractivity (Wildman–Crippen MR) is 205 cm³/mol. The Morgan fingerprint density at radius 3 is 1.31 bits per heavy atom. The van der Waals surface area contributed by atoms with Crippen LogP contribution in [0.15, 0.2) is 72.9 Å². The minimum absolute atomic E-state index is 0.0975. The molecule has 0 spiro atoms. The fourth-order valence-electron chi connectivity index (χ4n) is 5.11. The van der Waals surface area contributed by atoms with Crippen molar-refractivity contribution in [1.82, 2.24) is 0 Å². The second-order valence-electron chi connectivity index (χ2n) is 12.6. The summed E-state index contributed by atoms with van der Waals surface area (Å²) < 4.78 is 10.5. The molecule has 0 aliphatic heterocycles. The second kappa shape index (κ2) is 38.8. The Labute approximate surface area is 295 Å². The minimum Gasteiger partial charge on any atom is -0.462 e. The summed E-state index contributed by atoms with van der Waals surface area (Å²) >= 11 is 0. The van der Waals surface area contributed by atoms with Crippen LogP contribution in [0.5, 0.6) is 0 Å². The average molecular weight is 669 g/mol. The molecule has 0 amide bonds. The molecule has 48 heavy (non-hydrogen) atoms. The van der Waals surface area contributed by atoms with E-state index in [4.69, 9.17) is 9.47 Å². The maximum absolute atomic E-state index is 12.1. The molecule has 0 aromatic heterocycles. The molecule has 5 heteroatoms. The van der Waals surface area contributed by atoms with E-state index >= 15 is 0 Å². The minimum atomic E-state index is -0.812. The highest BCUT2D eigenvalue weighted by Gasteiger charge is 2.15. The first-order valence-electron chi connectivity index (χ1n) is 19.5. The number of ether oxygens (including phenoxy) is 2. The van der Waals surface area contributed by atoms with Gasteiger partial charge in [0.2, 0.25) is 0 Å². The van der Waals surface area contributed by atoms with E-state index in [1.165, 1.54) is 77.0 Å². The van der Waals surface area contributed by atoms with Gasteiger partial charge in [-0.2, -0.15) is 0 Å². The first kappa shape index (κ1) is 45.3. The highest BCUT2D eigenvalue weighted by molar-refractivity contribution is 5.70. The van der Waals surface area contributed by atoms with Crippen LogP contribution in [0, 0.1) is 0 Å². The first-order chi connectivity index (χ1) is 23.6. The van der Waals surface area contributed by atoms with Crippen LogP contribution in [-0.4, -0.2) is 36.4 Å². The molecule has 0 heterocycles. The summed E-state index contributed by atoms with van der Waals surface area (Å²) in [5, 5.41) is 9.54. The Bertz CT molecular complexity index is 895. The smallest absolute Gasteiger partial charge is 0.306 e. The number of hydrogen-bond acceptors (Lipinski definition) is 5. The number of rotatable bonds is 34. The quantitative estimate of drug-likeness (QED) is 0.0420. The van der Waals surface area contributed by atoms with Crippen molar-refractivity contribution in [2.24, 2.45) is 0 Å². The van der Waals surface area contributed by atoms with Crippen molar-refractivity contribution < 1.29 is 24.2 Å². The van der Waals surface area contributed by atoms with Crippen molar-refractivity contribution >= 4 is 11.9 Å². The first-order valence-corrected chi connectivity index (χ1v) is 19.5. The fraction of sp³-hybridized carbons (Fsp3) is 0.674. The highest BCUT2D eigenvalue weighted by atomic mass is 16.6. The van der Waals surface area contributed by atoms with E-state index in [2.05, 4.69) is 74.6 Å². The Morgan fingerprint density at radius 1 is 0.500 bits per heavy atom. The Hall–Kier alpha value is -2.66. The van der Waals surface area contributed by atoms with Gasteiger partial charge in [0.15, 0.2) is 6.10 Å². The Kier molecular flexibility index (Phi) is 36.6. The second-order valence-corrected chi connectivity index (χ2v) is 12.6. The molecule has 0 saturated heterocycles. The molecule has 0 bridgehead atoms. The van der Waals surface area contributed by atoms with Gasteiger partial charge in [0, 0.05) is 12.8 Å². The standard InChI is InChI=1S/C43H72O5/c1-3-5-7-9-11-13-15-17-19-20-21-22-24-26-28-30-32-34-36-38-43(46)48-41(39-44)40-47-42(45)37-35-33-31-29-27-25-23-18-16-14-12-10-8-6-4-2/h5,7,11,13,17,19,21-22,26,28,32,34,41,44H,3-4,6,8-10,12,14-16,18,20,23-25,27,29-31,33,35-40H2,1-2H3. The SMILES string of the molecule is CCC=CCC=CCC=CCC=CCC=CCC=CCCC(=O)OC(CO)COC(=O)CCCCCCCCCCCCCCCCC. The van der Waals surface area contributed by atoms with E-state index in [9.17, 15) is 14.7 Å². The van der Waals surface area contributed by atoms with E-state index in [1.54, 1.807) is 0 Å². The Morgan fingerprint density at radius 2 is 0.896 bits per heavy atom. The monoisotopic (exact) mass is 669 g/mol. The summed E-state index contributed by atoms with van der Waals surface area (Å²) in [6.07, 6.45) is 51.1. The lowest BCUT2D eigenvalue weighted by atomic mass is 10.0. The largest absolute Gasteiger partial charge is 0.462 e. The molecule has 274 valence electrons. The zero-order valence-corrected chi connectivity index (χ0v) is 31.0. The molecule has 5 nitrogen and oxygen atoms in total. The molecule has 1 N–H and O–H groups in total. The molecule has 0 fully saturated rings. The van der Waals surface area contributed by atoms with E-state index in [0.717, 1.165) is 57.8 Å². The summed E-state index contributed by atoms with van der Waals surface area (Å²) in [7, 11) is 0. The van der Waals surface area contributed by atoms with Crippen molar-refractivity contribution in [1.29, 1.82) is 0 Å². The molecule has 0 radical (unpaired) electrons. The Balaban J connectivity index is 3.71. The van der Waals surface area contributed by atoms with E-state index < -0.39 is 12.1 Å². The molecule has 0 aliphatic carbocycles. The van der Waals surface area contributed by atoms with Gasteiger partial charge in [-0.25, -0.2) is 0 Å². The van der Waals surface area contributed by atoms with E-state index in [1.807, 2.05) is 12.2 Å². The third-order valence-corrected chi connectivity index (χ3v) is 8.03. The molecule has 0 rings (SSSR count). The van der Waals surface area contributed by atoms with Crippen LogP contribution in [0.2, 0.25) is 0 Å². The van der Waals surface area contributed by atoms with Crippen LogP contribution < -0.4 is 0 Å². The van der Waals surface area contributed by atoms with Gasteiger partial charge < -0.3 is 14.6 Å². The maximum Gasteiger partial charge on any atom is 0.306 e. The topological polar surface area (TPSA) is 72.8 Å². The number of unbranched alkanes of at least 4 members (excludes halogenated alkanes) is 14. The van der Waals surface area contributed by atoms with Gasteiger partial charge in [0.1, 0.15) is 6.61 Å². The van der Waals surface area contributed by atoms with Gasteiger partial charge in [-0.1, -0.05) is 177 Å². The van der Waals surface area contributed by atoms with Crippen molar-refractivity contribution in [2.75, 3.05) is 13.2 Å². The molecule has 0 aromatic carbocycles. The molecular weight excluding hydrogens is 596 g/mol. The molecule has 1 atom stereocenters. The van der Waals surface area contributed by atoms with Crippen LogP contribution in [0.3, 0.4) is 0 Å². The lowest BCUT2D eigenvalue weighted by Crippen LogP contribution is -2.28. The molecular formula is C43H72O5. The van der Waals surface area contributed by atoms with Crippen LogP contribution in [0.25, 0.3) is 0 Å². The zero-order chi connectivity index (χ0) is 35.0. The van der Waals surface area contributed by atoms with Crippen molar-refractivity contribution in [2.45, 2.75) is 174 Å². The van der Waals surface area contributed by atoms with Crippen molar-refractivity contribution in [3.8, 4) is 0 Å². The van der Waals surface area contributed by atoms with Gasteiger partial charge in [-0.3, -0.25) is 9.59 Å². The third-order valence-electron chi connectivity index (χ3n) is 8.03. The number of hydrogen-bond donors (Lipinski definition) is 1. The summed E-state index contributed by atoms with van der Waals surface area (Å²) in [5.41, 5.74) is 0. The fourth-order valence-corrected chi connectivity index (χ4v) is 5.11. The highest BCUT2D eigenvalue weighted by Crippen LogP contribution is 2.14. The molecule has 0 aliphatic rings. The van der Waals surface area contributed by atoms with Gasteiger partial charge in [0.25, 0.3) is 0 Å². The van der Waals surface area contributed by atoms with Crippen LogP contribution in [-0.2, 0) is 19.1 Å². The summed E-state index contributed by atoms with van der Waals surface area (Å²) in [6, 6.07) is 0. The van der Waals surface area contributed by atoms with Crippen LogP contribution in [0.1, 0.15) is 168 Å². The van der Waals surface area contributed by atoms with Crippen molar-refractivity contribution in [3.05, 3.63) is 72.9 Å². The van der Waals surface area contributed by atoms with Crippen LogP contribution >= 0.6 is 0 Å². The van der Waals surface area contributed by atoms with Gasteiger partial charge in [-0.15, -0.1) is 0 Å². The number of allylic oxidation sites excluding steroid dienone is 12. The van der Waals surface area contributed by atoms with E-state index in [-0.39, 0.29) is 25.6 Å². The lowest BCUT2D eigenvalue weighted by Gasteiger charge is -2.15. The molecule has 0 saturated carbocycles. The lowest BCUT2D eigenvalue weighted by molar-refractivity contribution is -0.161. The number of carbonyl (C=O) groups excluding carboxylic acids is 2. The summed E-state index contributed by atoms with van der Waals surface area (Å²) in [5.74, 6) is -0.691.